The zero-order valence-corrected chi connectivity index (χ0v) is 14.1. The van der Waals surface area contributed by atoms with Gasteiger partial charge in [0.2, 0.25) is 5.91 Å². The second kappa shape index (κ2) is 7.07. The van der Waals surface area contributed by atoms with E-state index in [2.05, 4.69) is 0 Å². The Morgan fingerprint density at radius 3 is 2.61 bits per heavy atom. The van der Waals surface area contributed by atoms with Crippen molar-refractivity contribution in [1.29, 1.82) is 0 Å². The quantitative estimate of drug-likeness (QED) is 0.817. The van der Waals surface area contributed by atoms with Crippen LogP contribution in [0, 0.1) is 0 Å². The van der Waals surface area contributed by atoms with Crippen LogP contribution >= 0.6 is 23.2 Å². The molecule has 2 amide bonds. The highest BCUT2D eigenvalue weighted by molar-refractivity contribution is 6.35. The molecule has 2 saturated heterocycles. The Bertz CT molecular complexity index is 617. The smallest absolute Gasteiger partial charge is 0.256 e. The molecule has 0 aromatic heterocycles. The van der Waals surface area contributed by atoms with E-state index in [0.29, 0.717) is 54.9 Å². The fourth-order valence-electron chi connectivity index (χ4n) is 3.08. The normalized spacial score (nSPS) is 21.6. The van der Waals surface area contributed by atoms with Gasteiger partial charge in [0.05, 0.1) is 23.8 Å². The maximum atomic E-state index is 12.8. The van der Waals surface area contributed by atoms with Crippen LogP contribution < -0.4 is 0 Å². The highest BCUT2D eigenvalue weighted by Crippen LogP contribution is 2.27. The Morgan fingerprint density at radius 1 is 1.13 bits per heavy atom. The zero-order chi connectivity index (χ0) is 16.4. The van der Waals surface area contributed by atoms with Crippen molar-refractivity contribution in [2.75, 3.05) is 32.8 Å². The van der Waals surface area contributed by atoms with Gasteiger partial charge in [-0.15, -0.1) is 0 Å². The predicted molar refractivity (Wildman–Crippen MR) is 87.9 cm³/mol. The lowest BCUT2D eigenvalue weighted by molar-refractivity contribution is -0.139. The number of ether oxygens (including phenoxy) is 1. The third kappa shape index (κ3) is 3.47. The molecule has 2 aliphatic heterocycles. The maximum Gasteiger partial charge on any atom is 0.256 e. The Kier molecular flexibility index (Phi) is 5.09. The number of hydrogen-bond donors (Lipinski definition) is 0. The van der Waals surface area contributed by atoms with Gasteiger partial charge in [0.1, 0.15) is 6.04 Å². The maximum absolute atomic E-state index is 12.8. The van der Waals surface area contributed by atoms with E-state index in [-0.39, 0.29) is 11.8 Å². The van der Waals surface area contributed by atoms with Crippen molar-refractivity contribution in [2.24, 2.45) is 0 Å². The molecule has 2 heterocycles. The minimum Gasteiger partial charge on any atom is -0.378 e. The van der Waals surface area contributed by atoms with Crippen LogP contribution in [0.1, 0.15) is 23.2 Å². The van der Waals surface area contributed by atoms with Gasteiger partial charge in [-0.05, 0) is 31.0 Å². The van der Waals surface area contributed by atoms with Gasteiger partial charge in [0, 0.05) is 24.7 Å². The third-order valence-electron chi connectivity index (χ3n) is 4.28. The predicted octanol–water partition coefficient (Wildman–Crippen LogP) is 2.46. The molecule has 7 heteroatoms. The van der Waals surface area contributed by atoms with Crippen LogP contribution in [0.25, 0.3) is 0 Å². The molecule has 2 aliphatic rings. The molecular formula is C16H18Cl2N2O3. The van der Waals surface area contributed by atoms with Crippen molar-refractivity contribution >= 4 is 35.0 Å². The second-order valence-electron chi connectivity index (χ2n) is 5.72. The summed E-state index contributed by atoms with van der Waals surface area (Å²) in [7, 11) is 0. The number of rotatable bonds is 2. The second-order valence-corrected chi connectivity index (χ2v) is 6.56. The van der Waals surface area contributed by atoms with E-state index in [1.807, 2.05) is 0 Å². The summed E-state index contributed by atoms with van der Waals surface area (Å²) in [5.41, 5.74) is 0.348. The van der Waals surface area contributed by atoms with Crippen LogP contribution in [0.3, 0.4) is 0 Å². The molecule has 1 unspecified atom stereocenters. The first-order valence-electron chi connectivity index (χ1n) is 7.70. The third-order valence-corrected chi connectivity index (χ3v) is 4.84. The number of likely N-dealkylation sites (tertiary alicyclic amines) is 1. The molecule has 2 fully saturated rings. The Hall–Kier alpha value is -1.30. The van der Waals surface area contributed by atoms with Crippen molar-refractivity contribution in [1.82, 2.24) is 9.80 Å². The molecule has 124 valence electrons. The van der Waals surface area contributed by atoms with Gasteiger partial charge >= 0.3 is 0 Å². The van der Waals surface area contributed by atoms with Crippen molar-refractivity contribution in [3.63, 3.8) is 0 Å². The van der Waals surface area contributed by atoms with Crippen molar-refractivity contribution in [2.45, 2.75) is 18.9 Å². The molecule has 3 rings (SSSR count). The average molecular weight is 357 g/mol. The van der Waals surface area contributed by atoms with Gasteiger partial charge in [0.25, 0.3) is 5.91 Å². The van der Waals surface area contributed by atoms with Crippen molar-refractivity contribution in [3.8, 4) is 0 Å². The lowest BCUT2D eigenvalue weighted by Gasteiger charge is -2.32. The monoisotopic (exact) mass is 356 g/mol. The minimum absolute atomic E-state index is 0.00250. The summed E-state index contributed by atoms with van der Waals surface area (Å²) in [6.07, 6.45) is 1.49. The summed E-state index contributed by atoms with van der Waals surface area (Å²) in [5.74, 6) is -0.237. The number of carbonyl (C=O) groups is 2. The number of halogens is 2. The lowest BCUT2D eigenvalue weighted by Crippen LogP contribution is -2.51. The van der Waals surface area contributed by atoms with E-state index < -0.39 is 6.04 Å². The molecule has 0 radical (unpaired) electrons. The number of carbonyl (C=O) groups excluding carboxylic acids is 2. The zero-order valence-electron chi connectivity index (χ0n) is 12.6. The van der Waals surface area contributed by atoms with Crippen LogP contribution in [-0.2, 0) is 9.53 Å². The summed E-state index contributed by atoms with van der Waals surface area (Å²) in [6.45, 7) is 2.81. The topological polar surface area (TPSA) is 49.9 Å². The fraction of sp³-hybridized carbons (Fsp3) is 0.500. The summed E-state index contributed by atoms with van der Waals surface area (Å²) in [4.78, 5) is 28.9. The van der Waals surface area contributed by atoms with E-state index in [1.165, 1.54) is 0 Å². The highest BCUT2D eigenvalue weighted by atomic mass is 35.5. The molecule has 1 aromatic carbocycles. The summed E-state index contributed by atoms with van der Waals surface area (Å²) < 4.78 is 5.28. The number of hydrogen-bond acceptors (Lipinski definition) is 3. The molecule has 23 heavy (non-hydrogen) atoms. The molecule has 0 bridgehead atoms. The lowest BCUT2D eigenvalue weighted by atomic mass is 10.1. The van der Waals surface area contributed by atoms with Crippen LogP contribution in [0.2, 0.25) is 10.0 Å². The van der Waals surface area contributed by atoms with Crippen LogP contribution in [0.15, 0.2) is 18.2 Å². The average Bonchev–Trinajstić information content (AvgIpc) is 3.06. The van der Waals surface area contributed by atoms with E-state index >= 15 is 0 Å². The Balaban J connectivity index is 1.79. The van der Waals surface area contributed by atoms with Gasteiger partial charge in [-0.25, -0.2) is 0 Å². The molecule has 0 saturated carbocycles. The van der Waals surface area contributed by atoms with Gasteiger partial charge in [-0.3, -0.25) is 9.59 Å². The standard InChI is InChI=1S/C16H18Cl2N2O3/c17-11-3-4-13(18)12(10-11)15(21)20-5-1-2-14(20)16(22)19-6-8-23-9-7-19/h3-4,10,14H,1-2,5-9H2. The summed E-state index contributed by atoms with van der Waals surface area (Å²) in [5, 5.41) is 0.803. The first kappa shape index (κ1) is 16.6. The van der Waals surface area contributed by atoms with Crippen LogP contribution in [0.5, 0.6) is 0 Å². The molecule has 0 spiro atoms. The SMILES string of the molecule is O=C(C1CCCN1C(=O)c1cc(Cl)ccc1Cl)N1CCOCC1. The van der Waals surface area contributed by atoms with Gasteiger partial charge < -0.3 is 14.5 Å². The van der Waals surface area contributed by atoms with E-state index in [9.17, 15) is 9.59 Å². The van der Waals surface area contributed by atoms with Gasteiger partial charge in [0.15, 0.2) is 0 Å². The number of benzene rings is 1. The van der Waals surface area contributed by atoms with Crippen molar-refractivity contribution in [3.05, 3.63) is 33.8 Å². The minimum atomic E-state index is -0.421. The van der Waals surface area contributed by atoms with Gasteiger partial charge in [-0.2, -0.15) is 0 Å². The fourth-order valence-corrected chi connectivity index (χ4v) is 3.45. The first-order chi connectivity index (χ1) is 11.1. The Labute approximate surface area is 145 Å². The number of amides is 2. The summed E-state index contributed by atoms with van der Waals surface area (Å²) >= 11 is 12.1. The molecule has 0 N–H and O–H groups in total. The number of nitrogens with zero attached hydrogens (tertiary/aromatic N) is 2. The van der Waals surface area contributed by atoms with Crippen LogP contribution in [0.4, 0.5) is 0 Å². The molecular weight excluding hydrogens is 339 g/mol. The highest BCUT2D eigenvalue weighted by Gasteiger charge is 2.37. The van der Waals surface area contributed by atoms with E-state index in [4.69, 9.17) is 27.9 Å². The van der Waals surface area contributed by atoms with Crippen LogP contribution in [-0.4, -0.2) is 60.5 Å². The number of morpholine rings is 1. The Morgan fingerprint density at radius 2 is 1.87 bits per heavy atom. The van der Waals surface area contributed by atoms with E-state index in [1.54, 1.807) is 28.0 Å². The van der Waals surface area contributed by atoms with Crippen molar-refractivity contribution < 1.29 is 14.3 Å². The molecule has 5 nitrogen and oxygen atoms in total. The first-order valence-corrected chi connectivity index (χ1v) is 8.46. The van der Waals surface area contributed by atoms with E-state index in [0.717, 1.165) is 6.42 Å². The molecule has 1 atom stereocenters. The molecule has 0 aliphatic carbocycles. The summed E-state index contributed by atoms with van der Waals surface area (Å²) in [6, 6.07) is 4.38. The van der Waals surface area contributed by atoms with Gasteiger partial charge in [-0.1, -0.05) is 23.2 Å². The molecule has 1 aromatic rings. The largest absolute Gasteiger partial charge is 0.378 e.